The van der Waals surface area contributed by atoms with Crippen LogP contribution < -0.4 is 10.1 Å². The Hall–Kier alpha value is -2.03. The lowest BCUT2D eigenvalue weighted by Gasteiger charge is -2.21. The first-order valence-electron chi connectivity index (χ1n) is 8.72. The van der Waals surface area contributed by atoms with Gasteiger partial charge in [-0.1, -0.05) is 62.4 Å². The third-order valence-electron chi connectivity index (χ3n) is 4.56. The molecule has 2 aromatic carbocycles. The van der Waals surface area contributed by atoms with Gasteiger partial charge in [-0.3, -0.25) is 4.79 Å². The summed E-state index contributed by atoms with van der Waals surface area (Å²) in [7, 11) is 0. The van der Waals surface area contributed by atoms with Gasteiger partial charge in [0.25, 0.3) is 5.91 Å². The summed E-state index contributed by atoms with van der Waals surface area (Å²) < 4.78 is 5.66. The summed E-state index contributed by atoms with van der Waals surface area (Å²) in [5.41, 5.74) is 0. The fourth-order valence-corrected chi connectivity index (χ4v) is 3.28. The third-order valence-corrected chi connectivity index (χ3v) is 4.56. The van der Waals surface area contributed by atoms with Crippen molar-refractivity contribution in [2.75, 3.05) is 6.61 Å². The molecule has 0 saturated heterocycles. The van der Waals surface area contributed by atoms with Crippen molar-refractivity contribution in [3.8, 4) is 5.75 Å². The minimum Gasteiger partial charge on any atom is -0.484 e. The largest absolute Gasteiger partial charge is 0.484 e. The molecule has 3 rings (SSSR count). The van der Waals surface area contributed by atoms with E-state index in [9.17, 15) is 4.79 Å². The molecule has 1 aliphatic carbocycles. The zero-order valence-corrected chi connectivity index (χ0v) is 13.6. The van der Waals surface area contributed by atoms with E-state index in [1.54, 1.807) is 0 Å². The highest BCUT2D eigenvalue weighted by Gasteiger charge is 2.14. The van der Waals surface area contributed by atoms with E-state index in [4.69, 9.17) is 4.74 Å². The van der Waals surface area contributed by atoms with E-state index in [2.05, 4.69) is 17.4 Å². The molecule has 23 heavy (non-hydrogen) atoms. The molecular formula is C20H25NO2. The molecule has 2 aromatic rings. The van der Waals surface area contributed by atoms with Crippen LogP contribution in [-0.2, 0) is 4.79 Å². The zero-order valence-electron chi connectivity index (χ0n) is 13.6. The van der Waals surface area contributed by atoms with Crippen molar-refractivity contribution in [3.63, 3.8) is 0 Å². The lowest BCUT2D eigenvalue weighted by atomic mass is 9.97. The van der Waals surface area contributed by atoms with Crippen LogP contribution in [0.2, 0.25) is 0 Å². The highest BCUT2D eigenvalue weighted by Crippen LogP contribution is 2.20. The molecule has 0 radical (unpaired) electrons. The van der Waals surface area contributed by atoms with Gasteiger partial charge in [0.2, 0.25) is 0 Å². The molecule has 3 heteroatoms. The van der Waals surface area contributed by atoms with Crippen LogP contribution >= 0.6 is 0 Å². The van der Waals surface area contributed by atoms with Crippen molar-refractivity contribution >= 4 is 16.7 Å². The van der Waals surface area contributed by atoms with Crippen LogP contribution in [0.25, 0.3) is 10.8 Å². The molecule has 0 heterocycles. The number of carbonyl (C=O) groups is 1. The molecule has 1 aliphatic rings. The molecule has 0 bridgehead atoms. The first-order valence-corrected chi connectivity index (χ1v) is 8.72. The van der Waals surface area contributed by atoms with Crippen molar-refractivity contribution in [1.82, 2.24) is 5.32 Å². The summed E-state index contributed by atoms with van der Waals surface area (Å²) in [6, 6.07) is 14.4. The number of hydrogen-bond acceptors (Lipinski definition) is 2. The molecule has 1 fully saturated rings. The molecule has 0 aromatic heterocycles. The van der Waals surface area contributed by atoms with E-state index in [0.717, 1.165) is 24.0 Å². The maximum atomic E-state index is 12.1. The number of amides is 1. The van der Waals surface area contributed by atoms with Gasteiger partial charge in [-0.05, 0) is 35.7 Å². The predicted octanol–water partition coefficient (Wildman–Crippen LogP) is 4.45. The Morgan fingerprint density at radius 2 is 1.65 bits per heavy atom. The van der Waals surface area contributed by atoms with E-state index in [1.807, 2.05) is 30.3 Å². The number of hydrogen-bond donors (Lipinski definition) is 1. The lowest BCUT2D eigenvalue weighted by Crippen LogP contribution is -2.38. The minimum absolute atomic E-state index is 0.0104. The zero-order chi connectivity index (χ0) is 15.9. The molecule has 1 saturated carbocycles. The molecule has 0 unspecified atom stereocenters. The Morgan fingerprint density at radius 3 is 2.43 bits per heavy atom. The monoisotopic (exact) mass is 311 g/mol. The summed E-state index contributed by atoms with van der Waals surface area (Å²) in [6.07, 6.45) is 8.56. The molecule has 0 atom stereocenters. The van der Waals surface area contributed by atoms with E-state index in [1.165, 1.54) is 37.5 Å². The van der Waals surface area contributed by atoms with E-state index < -0.39 is 0 Å². The van der Waals surface area contributed by atoms with Crippen LogP contribution in [0.15, 0.2) is 42.5 Å². The molecule has 0 aliphatic heterocycles. The summed E-state index contributed by atoms with van der Waals surface area (Å²) in [5, 5.41) is 5.44. The maximum absolute atomic E-state index is 12.1. The van der Waals surface area contributed by atoms with E-state index >= 15 is 0 Å². The van der Waals surface area contributed by atoms with Gasteiger partial charge in [-0.25, -0.2) is 0 Å². The van der Waals surface area contributed by atoms with Gasteiger partial charge in [-0.2, -0.15) is 0 Å². The highest BCUT2D eigenvalue weighted by atomic mass is 16.5. The Labute approximate surface area is 138 Å². The fourth-order valence-electron chi connectivity index (χ4n) is 3.28. The second-order valence-corrected chi connectivity index (χ2v) is 6.41. The standard InChI is InChI=1S/C20H25NO2/c22-20(21-18-10-4-2-1-3-5-11-18)15-23-19-13-12-16-8-6-7-9-17(16)14-19/h6-9,12-14,18H,1-5,10-11,15H2,(H,21,22). The second kappa shape index (κ2) is 8.00. The molecule has 3 nitrogen and oxygen atoms in total. The van der Waals surface area contributed by atoms with Gasteiger partial charge >= 0.3 is 0 Å². The Balaban J connectivity index is 1.51. The van der Waals surface area contributed by atoms with Crippen LogP contribution in [0.4, 0.5) is 0 Å². The normalized spacial score (nSPS) is 16.5. The smallest absolute Gasteiger partial charge is 0.258 e. The van der Waals surface area contributed by atoms with Gasteiger partial charge in [0, 0.05) is 6.04 Å². The average Bonchev–Trinajstić information content (AvgIpc) is 2.55. The number of ether oxygens (including phenoxy) is 1. The maximum Gasteiger partial charge on any atom is 0.258 e. The summed E-state index contributed by atoms with van der Waals surface area (Å²) in [6.45, 7) is 0.0921. The minimum atomic E-state index is -0.0104. The first-order chi connectivity index (χ1) is 11.3. The van der Waals surface area contributed by atoms with Crippen molar-refractivity contribution in [1.29, 1.82) is 0 Å². The Bertz CT molecular complexity index is 645. The average molecular weight is 311 g/mol. The molecule has 0 spiro atoms. The van der Waals surface area contributed by atoms with Crippen LogP contribution in [0, 0.1) is 0 Å². The van der Waals surface area contributed by atoms with Crippen LogP contribution in [-0.4, -0.2) is 18.6 Å². The van der Waals surface area contributed by atoms with Gasteiger partial charge < -0.3 is 10.1 Å². The lowest BCUT2D eigenvalue weighted by molar-refractivity contribution is -0.123. The Kier molecular flexibility index (Phi) is 5.51. The number of fused-ring (bicyclic) bond motifs is 1. The van der Waals surface area contributed by atoms with Crippen LogP contribution in [0.5, 0.6) is 5.75 Å². The van der Waals surface area contributed by atoms with Crippen LogP contribution in [0.3, 0.4) is 0 Å². The summed E-state index contributed by atoms with van der Waals surface area (Å²) in [5.74, 6) is 0.736. The molecule has 1 N–H and O–H groups in total. The van der Waals surface area contributed by atoms with Crippen molar-refractivity contribution in [2.24, 2.45) is 0 Å². The quantitative estimate of drug-likeness (QED) is 0.906. The molecular weight excluding hydrogens is 286 g/mol. The molecule has 1 amide bonds. The van der Waals surface area contributed by atoms with Crippen LogP contribution in [0.1, 0.15) is 44.9 Å². The SMILES string of the molecule is O=C(COc1ccc2ccccc2c1)NC1CCCCCCC1. The predicted molar refractivity (Wildman–Crippen MR) is 93.7 cm³/mol. The molecule has 122 valence electrons. The number of benzene rings is 2. The van der Waals surface area contributed by atoms with Gasteiger partial charge in [0.05, 0.1) is 0 Å². The number of nitrogens with one attached hydrogen (secondary N) is 1. The second-order valence-electron chi connectivity index (χ2n) is 6.41. The van der Waals surface area contributed by atoms with Crippen molar-refractivity contribution < 1.29 is 9.53 Å². The summed E-state index contributed by atoms with van der Waals surface area (Å²) in [4.78, 5) is 12.1. The van der Waals surface area contributed by atoms with Gasteiger partial charge in [0.15, 0.2) is 6.61 Å². The van der Waals surface area contributed by atoms with Crippen molar-refractivity contribution in [2.45, 2.75) is 51.0 Å². The number of carbonyl (C=O) groups excluding carboxylic acids is 1. The van der Waals surface area contributed by atoms with Crippen molar-refractivity contribution in [3.05, 3.63) is 42.5 Å². The van der Waals surface area contributed by atoms with Gasteiger partial charge in [0.1, 0.15) is 5.75 Å². The first kappa shape index (κ1) is 15.9. The topological polar surface area (TPSA) is 38.3 Å². The van der Waals surface area contributed by atoms with Gasteiger partial charge in [-0.15, -0.1) is 0 Å². The van der Waals surface area contributed by atoms with E-state index in [0.29, 0.717) is 6.04 Å². The Morgan fingerprint density at radius 1 is 0.957 bits per heavy atom. The number of rotatable bonds is 4. The highest BCUT2D eigenvalue weighted by molar-refractivity contribution is 5.84. The fraction of sp³-hybridized carbons (Fsp3) is 0.450. The summed E-state index contributed by atoms with van der Waals surface area (Å²) >= 11 is 0. The third kappa shape index (κ3) is 4.72. The van der Waals surface area contributed by atoms with E-state index in [-0.39, 0.29) is 12.5 Å².